The predicted molar refractivity (Wildman–Crippen MR) is 79.8 cm³/mol. The predicted octanol–water partition coefficient (Wildman–Crippen LogP) is 4.56. The molecule has 1 aliphatic carbocycles. The highest BCUT2D eigenvalue weighted by Crippen LogP contribution is 2.34. The Morgan fingerprint density at radius 3 is 2.42 bits per heavy atom. The summed E-state index contributed by atoms with van der Waals surface area (Å²) in [5.74, 6) is 0.485. The van der Waals surface area contributed by atoms with E-state index in [1.807, 2.05) is 6.07 Å². The summed E-state index contributed by atoms with van der Waals surface area (Å²) in [5.41, 5.74) is 3.74. The molecule has 1 heteroatoms. The Morgan fingerprint density at radius 2 is 1.74 bits per heavy atom. The number of carbonyl (C=O) groups is 1. The molecule has 3 rings (SSSR count). The van der Waals surface area contributed by atoms with E-state index in [1.165, 1.54) is 21.9 Å². The van der Waals surface area contributed by atoms with Crippen LogP contribution in [0.4, 0.5) is 0 Å². The Hall–Kier alpha value is -1.63. The molecule has 2 aromatic carbocycles. The molecule has 1 nitrogen and oxygen atoms in total. The molecule has 0 heterocycles. The van der Waals surface area contributed by atoms with E-state index in [2.05, 4.69) is 38.1 Å². The Labute approximate surface area is 114 Å². The average Bonchev–Trinajstić information content (AvgIpc) is 2.86. The lowest BCUT2D eigenvalue weighted by Crippen LogP contribution is -2.13. The monoisotopic (exact) mass is 252 g/mol. The first-order chi connectivity index (χ1) is 9.26. The molecule has 2 aromatic rings. The number of Topliss-reactive ketones (excluding diaryl/α,β-unsaturated/α-hetero) is 1. The number of rotatable bonds is 4. The molecule has 98 valence electrons. The van der Waals surface area contributed by atoms with Crippen molar-refractivity contribution in [1.29, 1.82) is 0 Å². The van der Waals surface area contributed by atoms with E-state index in [1.54, 1.807) is 0 Å². The Bertz CT molecular complexity index is 625. The van der Waals surface area contributed by atoms with Crippen molar-refractivity contribution in [3.8, 4) is 0 Å². The van der Waals surface area contributed by atoms with Crippen LogP contribution < -0.4 is 0 Å². The van der Waals surface area contributed by atoms with Crippen molar-refractivity contribution >= 4 is 16.6 Å². The summed E-state index contributed by atoms with van der Waals surface area (Å²) in [7, 11) is 0. The Kier molecular flexibility index (Phi) is 3.14. The van der Waals surface area contributed by atoms with Crippen LogP contribution in [0.5, 0.6) is 0 Å². The van der Waals surface area contributed by atoms with Gasteiger partial charge in [0.15, 0.2) is 5.78 Å². The summed E-state index contributed by atoms with van der Waals surface area (Å²) >= 11 is 0. The molecular weight excluding hydrogens is 232 g/mol. The minimum Gasteiger partial charge on any atom is -0.294 e. The number of carbonyl (C=O) groups excluding carboxylic acids is 1. The lowest BCUT2D eigenvalue weighted by atomic mass is 9.89. The molecule has 0 bridgehead atoms. The second-order valence-electron chi connectivity index (χ2n) is 5.49. The summed E-state index contributed by atoms with van der Waals surface area (Å²) in [5, 5.41) is 2.52. The standard InChI is InChI=1S/C18H20O/c1-3-12(4-2)18(19)16-11-10-14-9-8-13-6-5-7-15(16)17(13)14/h5-7,10-12H,3-4,8-9H2,1-2H3. The lowest BCUT2D eigenvalue weighted by Gasteiger charge is -2.14. The van der Waals surface area contributed by atoms with Gasteiger partial charge in [-0.2, -0.15) is 0 Å². The third-order valence-electron chi connectivity index (χ3n) is 4.50. The van der Waals surface area contributed by atoms with Gasteiger partial charge in [-0.1, -0.05) is 44.2 Å². The van der Waals surface area contributed by atoms with Crippen LogP contribution in [0.25, 0.3) is 10.8 Å². The molecule has 0 fully saturated rings. The van der Waals surface area contributed by atoms with Crippen molar-refractivity contribution < 1.29 is 4.79 Å². The van der Waals surface area contributed by atoms with E-state index in [-0.39, 0.29) is 5.92 Å². The molecule has 0 atom stereocenters. The van der Waals surface area contributed by atoms with Gasteiger partial charge in [0, 0.05) is 11.5 Å². The summed E-state index contributed by atoms with van der Waals surface area (Å²) in [4.78, 5) is 12.7. The van der Waals surface area contributed by atoms with E-state index < -0.39 is 0 Å². The first-order valence-electron chi connectivity index (χ1n) is 7.34. The molecule has 0 spiro atoms. The summed E-state index contributed by atoms with van der Waals surface area (Å²) in [6.45, 7) is 4.21. The van der Waals surface area contributed by atoms with Crippen LogP contribution in [0.1, 0.15) is 48.2 Å². The summed E-state index contributed by atoms with van der Waals surface area (Å²) < 4.78 is 0. The second-order valence-corrected chi connectivity index (χ2v) is 5.49. The molecule has 0 amide bonds. The molecule has 0 saturated heterocycles. The molecule has 0 aromatic heterocycles. The van der Waals surface area contributed by atoms with Crippen LogP contribution >= 0.6 is 0 Å². The second kappa shape index (κ2) is 4.80. The first-order valence-corrected chi connectivity index (χ1v) is 7.34. The fourth-order valence-corrected chi connectivity index (χ4v) is 3.34. The highest BCUT2D eigenvalue weighted by atomic mass is 16.1. The zero-order valence-corrected chi connectivity index (χ0v) is 11.7. The van der Waals surface area contributed by atoms with E-state index in [4.69, 9.17) is 0 Å². The topological polar surface area (TPSA) is 17.1 Å². The average molecular weight is 252 g/mol. The van der Waals surface area contributed by atoms with Gasteiger partial charge in [0.1, 0.15) is 0 Å². The van der Waals surface area contributed by atoms with E-state index in [9.17, 15) is 4.79 Å². The SMILES string of the molecule is CCC(CC)C(=O)c1ccc2c3c(cccc13)CC2. The molecule has 0 aliphatic heterocycles. The fraction of sp³-hybridized carbons (Fsp3) is 0.389. The van der Waals surface area contributed by atoms with Gasteiger partial charge in [-0.25, -0.2) is 0 Å². The maximum atomic E-state index is 12.7. The normalized spacial score (nSPS) is 13.4. The van der Waals surface area contributed by atoms with Crippen LogP contribution in [0.2, 0.25) is 0 Å². The largest absolute Gasteiger partial charge is 0.294 e. The number of benzene rings is 2. The van der Waals surface area contributed by atoms with Gasteiger partial charge < -0.3 is 0 Å². The molecule has 0 saturated carbocycles. The molecular formula is C18H20O. The van der Waals surface area contributed by atoms with Gasteiger partial charge in [0.05, 0.1) is 0 Å². The number of hydrogen-bond donors (Lipinski definition) is 0. The van der Waals surface area contributed by atoms with Crippen molar-refractivity contribution in [3.05, 3.63) is 47.0 Å². The van der Waals surface area contributed by atoms with Crippen molar-refractivity contribution in [2.45, 2.75) is 39.5 Å². The van der Waals surface area contributed by atoms with Crippen molar-refractivity contribution in [3.63, 3.8) is 0 Å². The Morgan fingerprint density at radius 1 is 1.05 bits per heavy atom. The van der Waals surface area contributed by atoms with E-state index in [0.717, 1.165) is 31.2 Å². The molecule has 0 unspecified atom stereocenters. The molecule has 0 N–H and O–H groups in total. The summed E-state index contributed by atoms with van der Waals surface area (Å²) in [6, 6.07) is 10.6. The first kappa shape index (κ1) is 12.4. The van der Waals surface area contributed by atoms with Crippen molar-refractivity contribution in [1.82, 2.24) is 0 Å². The molecule has 0 radical (unpaired) electrons. The van der Waals surface area contributed by atoms with E-state index in [0.29, 0.717) is 5.78 Å². The maximum absolute atomic E-state index is 12.7. The summed E-state index contributed by atoms with van der Waals surface area (Å²) in [6.07, 6.45) is 4.10. The van der Waals surface area contributed by atoms with Gasteiger partial charge >= 0.3 is 0 Å². The smallest absolute Gasteiger partial charge is 0.166 e. The van der Waals surface area contributed by atoms with Gasteiger partial charge in [0.25, 0.3) is 0 Å². The zero-order valence-electron chi connectivity index (χ0n) is 11.7. The minimum atomic E-state index is 0.165. The molecule has 1 aliphatic rings. The third-order valence-corrected chi connectivity index (χ3v) is 4.50. The van der Waals surface area contributed by atoms with Gasteiger partial charge in [0.2, 0.25) is 0 Å². The number of aryl methyl sites for hydroxylation is 2. The Balaban J connectivity index is 2.18. The lowest BCUT2D eigenvalue weighted by molar-refractivity contribution is 0.0915. The zero-order chi connectivity index (χ0) is 13.4. The maximum Gasteiger partial charge on any atom is 0.166 e. The van der Waals surface area contributed by atoms with Crippen LogP contribution in [0, 0.1) is 5.92 Å². The van der Waals surface area contributed by atoms with Crippen LogP contribution in [-0.4, -0.2) is 5.78 Å². The van der Waals surface area contributed by atoms with Crippen LogP contribution in [-0.2, 0) is 12.8 Å². The highest BCUT2D eigenvalue weighted by molar-refractivity contribution is 6.10. The van der Waals surface area contributed by atoms with Crippen molar-refractivity contribution in [2.75, 3.05) is 0 Å². The van der Waals surface area contributed by atoms with Crippen LogP contribution in [0.15, 0.2) is 30.3 Å². The van der Waals surface area contributed by atoms with Crippen molar-refractivity contribution in [2.24, 2.45) is 5.92 Å². The van der Waals surface area contributed by atoms with Gasteiger partial charge in [-0.15, -0.1) is 0 Å². The van der Waals surface area contributed by atoms with E-state index >= 15 is 0 Å². The number of hydrogen-bond acceptors (Lipinski definition) is 1. The van der Waals surface area contributed by atoms with Gasteiger partial charge in [-0.3, -0.25) is 4.79 Å². The minimum absolute atomic E-state index is 0.165. The number of ketones is 1. The van der Waals surface area contributed by atoms with Crippen LogP contribution in [0.3, 0.4) is 0 Å². The van der Waals surface area contributed by atoms with Gasteiger partial charge in [-0.05, 0) is 47.6 Å². The fourth-order valence-electron chi connectivity index (χ4n) is 3.34. The highest BCUT2D eigenvalue weighted by Gasteiger charge is 2.22. The molecule has 19 heavy (non-hydrogen) atoms. The third kappa shape index (κ3) is 1.88. The quantitative estimate of drug-likeness (QED) is 0.729.